The maximum absolute atomic E-state index is 2.70. The van der Waals surface area contributed by atoms with E-state index >= 15 is 0 Å². The molecule has 1 rings (SSSR count). The van der Waals surface area contributed by atoms with Crippen molar-refractivity contribution < 1.29 is 0 Å². The fraction of sp³-hybridized carbons (Fsp3) is 0.944. The van der Waals surface area contributed by atoms with Crippen molar-refractivity contribution in [2.24, 2.45) is 0 Å². The highest BCUT2D eigenvalue weighted by molar-refractivity contribution is 7.39. The molecule has 1 aliphatic carbocycles. The van der Waals surface area contributed by atoms with Gasteiger partial charge in [0, 0.05) is 0 Å². The van der Waals surface area contributed by atoms with Crippen molar-refractivity contribution in [3.05, 3.63) is 6.42 Å². The van der Waals surface area contributed by atoms with Crippen LogP contribution in [0, 0.1) is 6.42 Å². The quantitative estimate of drug-likeness (QED) is 0.280. The molecule has 0 aromatic rings. The highest BCUT2D eigenvalue weighted by Crippen LogP contribution is 2.39. The summed E-state index contributed by atoms with van der Waals surface area (Å²) >= 11 is 0. The Morgan fingerprint density at radius 1 is 0.800 bits per heavy atom. The van der Waals surface area contributed by atoms with E-state index in [1.807, 2.05) is 0 Å². The molecule has 0 aliphatic heterocycles. The third-order valence-corrected chi connectivity index (χ3v) is 7.87. The van der Waals surface area contributed by atoms with Gasteiger partial charge >= 0.3 is 0 Å². The van der Waals surface area contributed by atoms with Crippen LogP contribution in [0.1, 0.15) is 84.5 Å². The van der Waals surface area contributed by atoms with E-state index < -0.39 is 0 Å². The first-order valence-electron chi connectivity index (χ1n) is 9.16. The van der Waals surface area contributed by atoms with E-state index in [9.17, 15) is 0 Å². The molecule has 20 heavy (non-hydrogen) atoms. The van der Waals surface area contributed by atoms with Gasteiger partial charge in [0.1, 0.15) is 0 Å². The smallest absolute Gasteiger partial charge is 0.0205 e. The lowest BCUT2D eigenvalue weighted by Crippen LogP contribution is -2.17. The minimum Gasteiger partial charge on any atom is -0.119 e. The van der Waals surface area contributed by atoms with Crippen molar-refractivity contribution in [3.8, 4) is 0 Å². The van der Waals surface area contributed by atoms with Crippen LogP contribution in [-0.4, -0.2) is 23.6 Å². The topological polar surface area (TPSA) is 0 Å². The van der Waals surface area contributed by atoms with Crippen molar-refractivity contribution in [2.75, 3.05) is 12.3 Å². The summed E-state index contributed by atoms with van der Waals surface area (Å²) in [4.78, 5) is 0. The fourth-order valence-corrected chi connectivity index (χ4v) is 6.05. The van der Waals surface area contributed by atoms with Gasteiger partial charge in [0.15, 0.2) is 0 Å². The zero-order valence-electron chi connectivity index (χ0n) is 13.9. The minimum atomic E-state index is 0.998. The first kappa shape index (κ1) is 18.9. The summed E-state index contributed by atoms with van der Waals surface area (Å²) in [6.45, 7) is 4.61. The third-order valence-electron chi connectivity index (χ3n) is 4.43. The molecule has 0 nitrogen and oxygen atoms in total. The van der Waals surface area contributed by atoms with Gasteiger partial charge in [0.2, 0.25) is 0 Å². The summed E-state index contributed by atoms with van der Waals surface area (Å²) in [5, 5.41) is 0. The number of unbranched alkanes of at least 4 members (excludes halogenated alkanes) is 6. The Bertz CT molecular complexity index is 176. The molecule has 1 saturated carbocycles. The molecule has 2 heteroatoms. The Balaban J connectivity index is 1.91. The number of hydrogen-bond acceptors (Lipinski definition) is 0. The largest absolute Gasteiger partial charge is 0.119 e. The Morgan fingerprint density at radius 3 is 2.00 bits per heavy atom. The second-order valence-electron chi connectivity index (χ2n) is 6.38. The monoisotopic (exact) mass is 315 g/mol. The summed E-state index contributed by atoms with van der Waals surface area (Å²) in [7, 11) is 2.49. The predicted molar refractivity (Wildman–Crippen MR) is 100 cm³/mol. The highest BCUT2D eigenvalue weighted by Gasteiger charge is 2.20. The van der Waals surface area contributed by atoms with Crippen molar-refractivity contribution in [3.63, 3.8) is 0 Å². The molecule has 1 aliphatic rings. The minimum absolute atomic E-state index is 0.998. The van der Waals surface area contributed by atoms with Gasteiger partial charge in [-0.05, 0) is 62.2 Å². The van der Waals surface area contributed by atoms with E-state index in [4.69, 9.17) is 0 Å². The van der Waals surface area contributed by atoms with Gasteiger partial charge in [-0.1, -0.05) is 52.4 Å². The average molecular weight is 315 g/mol. The second-order valence-corrected chi connectivity index (χ2v) is 9.76. The van der Waals surface area contributed by atoms with Gasteiger partial charge in [-0.2, -0.15) is 0 Å². The van der Waals surface area contributed by atoms with Crippen LogP contribution in [0.4, 0.5) is 0 Å². The molecule has 0 aromatic heterocycles. The van der Waals surface area contributed by atoms with Gasteiger partial charge in [-0.25, -0.2) is 0 Å². The van der Waals surface area contributed by atoms with Crippen molar-refractivity contribution in [2.45, 2.75) is 95.8 Å². The molecule has 4 atom stereocenters. The SMILES string of the molecule is CCCCCCPC1[CH]CC(PCCCCCC)CC1. The Kier molecular flexibility index (Phi) is 12.8. The Hall–Kier alpha value is 0.860. The molecule has 0 bridgehead atoms. The van der Waals surface area contributed by atoms with E-state index in [1.165, 1.54) is 100 Å². The summed E-state index contributed by atoms with van der Waals surface area (Å²) in [6, 6.07) is 0. The maximum atomic E-state index is 2.70. The molecular weight excluding hydrogens is 278 g/mol. The number of hydrogen-bond donors (Lipinski definition) is 0. The summed E-state index contributed by atoms with van der Waals surface area (Å²) in [5.74, 6) is 0. The molecule has 0 saturated heterocycles. The fourth-order valence-electron chi connectivity index (χ4n) is 3.01. The van der Waals surface area contributed by atoms with Crippen LogP contribution in [0.5, 0.6) is 0 Å². The summed E-state index contributed by atoms with van der Waals surface area (Å²) in [5.41, 5.74) is 2.07. The lowest BCUT2D eigenvalue weighted by Gasteiger charge is -2.28. The van der Waals surface area contributed by atoms with Crippen LogP contribution in [0.2, 0.25) is 0 Å². The molecule has 119 valence electrons. The Morgan fingerprint density at radius 2 is 1.45 bits per heavy atom. The van der Waals surface area contributed by atoms with Gasteiger partial charge in [0.05, 0.1) is 0 Å². The molecule has 1 radical (unpaired) electrons. The second kappa shape index (κ2) is 13.5. The van der Waals surface area contributed by atoms with E-state index in [-0.39, 0.29) is 0 Å². The normalized spacial score (nSPS) is 24.3. The molecule has 0 aromatic carbocycles. The van der Waals surface area contributed by atoms with Crippen LogP contribution in [-0.2, 0) is 0 Å². The molecule has 1 fully saturated rings. The van der Waals surface area contributed by atoms with Gasteiger partial charge in [0.25, 0.3) is 0 Å². The van der Waals surface area contributed by atoms with Crippen LogP contribution >= 0.6 is 17.2 Å². The van der Waals surface area contributed by atoms with E-state index in [2.05, 4.69) is 20.3 Å². The summed E-state index contributed by atoms with van der Waals surface area (Å²) in [6.07, 6.45) is 21.8. The van der Waals surface area contributed by atoms with E-state index in [0.717, 1.165) is 11.3 Å². The molecule has 0 spiro atoms. The zero-order chi connectivity index (χ0) is 14.5. The van der Waals surface area contributed by atoms with Crippen LogP contribution in [0.25, 0.3) is 0 Å². The third kappa shape index (κ3) is 9.73. The molecule has 0 heterocycles. The van der Waals surface area contributed by atoms with Crippen molar-refractivity contribution in [1.82, 2.24) is 0 Å². The maximum Gasteiger partial charge on any atom is -0.0205 e. The van der Waals surface area contributed by atoms with Gasteiger partial charge in [-0.15, -0.1) is 17.2 Å². The van der Waals surface area contributed by atoms with E-state index in [0.29, 0.717) is 0 Å². The highest BCUT2D eigenvalue weighted by atomic mass is 31.1. The summed E-state index contributed by atoms with van der Waals surface area (Å²) < 4.78 is 0. The van der Waals surface area contributed by atoms with Crippen molar-refractivity contribution in [1.29, 1.82) is 0 Å². The van der Waals surface area contributed by atoms with Gasteiger partial charge in [-0.3, -0.25) is 0 Å². The predicted octanol–water partition coefficient (Wildman–Crippen LogP) is 6.63. The molecular formula is C18H37P2. The van der Waals surface area contributed by atoms with Crippen LogP contribution in [0.15, 0.2) is 0 Å². The first-order valence-corrected chi connectivity index (χ1v) is 11.7. The zero-order valence-corrected chi connectivity index (χ0v) is 15.9. The first-order chi connectivity index (χ1) is 9.86. The van der Waals surface area contributed by atoms with E-state index in [1.54, 1.807) is 0 Å². The van der Waals surface area contributed by atoms with Crippen molar-refractivity contribution >= 4 is 17.2 Å². The molecule has 0 amide bonds. The lowest BCUT2D eigenvalue weighted by atomic mass is 10.00. The molecule has 4 unspecified atom stereocenters. The van der Waals surface area contributed by atoms with Crippen LogP contribution in [0.3, 0.4) is 0 Å². The average Bonchev–Trinajstić information content (AvgIpc) is 2.48. The van der Waals surface area contributed by atoms with Gasteiger partial charge < -0.3 is 0 Å². The number of rotatable bonds is 12. The Labute approximate surface area is 132 Å². The molecule has 0 N–H and O–H groups in total. The van der Waals surface area contributed by atoms with Crippen LogP contribution < -0.4 is 0 Å². The standard InChI is InChI=1S/C18H37P2/c1-3-5-7-9-15-19-17-11-13-18(14-12-17)20-16-10-8-6-4-2/h11,17-20H,3-10,12-16H2,1-2H3. The lowest BCUT2D eigenvalue weighted by molar-refractivity contribution is 0.608.